The highest BCUT2D eigenvalue weighted by atomic mass is 31.2. The van der Waals surface area contributed by atoms with Gasteiger partial charge in [-0.3, -0.25) is 32.2 Å². The molecule has 1 unspecified atom stereocenters. The van der Waals surface area contributed by atoms with Crippen LogP contribution in [0, 0.1) is 11.8 Å². The molecule has 0 radical (unpaired) electrons. The molecule has 0 aromatic heterocycles. The summed E-state index contributed by atoms with van der Waals surface area (Å²) in [5, 5.41) is 2.55. The lowest BCUT2D eigenvalue weighted by Gasteiger charge is -2.16. The van der Waals surface area contributed by atoms with Gasteiger partial charge in [0, 0.05) is 112 Å². The molecule has 0 aromatic carbocycles. The van der Waals surface area contributed by atoms with Gasteiger partial charge in [0.15, 0.2) is 0 Å². The predicted octanol–water partition coefficient (Wildman–Crippen LogP) is 10.6. The number of carbonyl (C=O) groups is 1. The maximum Gasteiger partial charge on any atom is 0.332 e. The lowest BCUT2D eigenvalue weighted by atomic mass is 10.2. The van der Waals surface area contributed by atoms with Crippen LogP contribution in [0.5, 0.6) is 0 Å². The van der Waals surface area contributed by atoms with Gasteiger partial charge in [-0.1, -0.05) is 54.4 Å². The molecule has 1 atom stereocenters. The minimum atomic E-state index is -3.05. The minimum absolute atomic E-state index is 0.0480. The molecule has 0 aromatic rings. The lowest BCUT2D eigenvalue weighted by Crippen LogP contribution is -2.30. The monoisotopic (exact) mass is 1160 g/mol. The molecule has 0 heterocycles. The molecule has 30 heteroatoms. The number of hydrogen-bond donors (Lipinski definition) is 1. The Kier molecular flexibility index (Phi) is 60.8. The van der Waals surface area contributed by atoms with Gasteiger partial charge in [0.1, 0.15) is 6.61 Å². The first-order valence-corrected chi connectivity index (χ1v) is 33.2. The van der Waals surface area contributed by atoms with Crippen molar-refractivity contribution >= 4 is 51.5 Å². The Bertz CT molecular complexity index is 1450. The number of rotatable bonds is 37. The lowest BCUT2D eigenvalue weighted by molar-refractivity contribution is -0.126. The van der Waals surface area contributed by atoms with Crippen LogP contribution < -0.4 is 5.32 Å². The van der Waals surface area contributed by atoms with Gasteiger partial charge >= 0.3 is 45.6 Å². The summed E-state index contributed by atoms with van der Waals surface area (Å²) in [6.45, 7) is 14.6. The van der Waals surface area contributed by atoms with E-state index in [0.717, 1.165) is 32.1 Å². The van der Waals surface area contributed by atoms with Crippen LogP contribution in [-0.4, -0.2) is 189 Å². The van der Waals surface area contributed by atoms with E-state index in [1.807, 2.05) is 20.8 Å². The SMILES string of the molecule is CCC(C)CP(=O)(OC)OC.CCCCP(=O)(OC)OC.CCCP(=O)(OC)OC.COCCOCC(=O)NCCP(=O)(OC)OC.COCCOCCP(=O)(OC)OC.COP(=O)(CCC(C)C)OC. The first kappa shape index (κ1) is 82.5. The predicted molar refractivity (Wildman–Crippen MR) is 281 cm³/mol. The van der Waals surface area contributed by atoms with Crippen molar-refractivity contribution in [3.05, 3.63) is 0 Å². The van der Waals surface area contributed by atoms with Crippen LogP contribution in [0.1, 0.15) is 73.6 Å². The van der Waals surface area contributed by atoms with Gasteiger partial charge in [0.05, 0.1) is 63.8 Å². The summed E-state index contributed by atoms with van der Waals surface area (Å²) in [5.41, 5.74) is 0. The first-order chi connectivity index (χ1) is 33.2. The Balaban J connectivity index is -0.000000181. The Morgan fingerprint density at radius 3 is 1.13 bits per heavy atom. The van der Waals surface area contributed by atoms with Crippen LogP contribution in [0.3, 0.4) is 0 Å². The van der Waals surface area contributed by atoms with Crippen molar-refractivity contribution in [3.8, 4) is 0 Å². The highest BCUT2D eigenvalue weighted by Gasteiger charge is 2.24. The smallest absolute Gasteiger partial charge is 0.332 e. The third kappa shape index (κ3) is 52.1. The topological polar surface area (TPSA) is 279 Å². The van der Waals surface area contributed by atoms with E-state index in [9.17, 15) is 32.2 Å². The summed E-state index contributed by atoms with van der Waals surface area (Å²) in [7, 11) is 2.99. The van der Waals surface area contributed by atoms with Crippen molar-refractivity contribution in [1.82, 2.24) is 5.32 Å². The van der Waals surface area contributed by atoms with Gasteiger partial charge in [-0.05, 0) is 31.1 Å². The quantitative estimate of drug-likeness (QED) is 0.0447. The molecule has 71 heavy (non-hydrogen) atoms. The van der Waals surface area contributed by atoms with Gasteiger partial charge in [0.2, 0.25) is 5.91 Å². The van der Waals surface area contributed by atoms with Crippen LogP contribution in [0.25, 0.3) is 0 Å². The van der Waals surface area contributed by atoms with E-state index in [4.69, 9.17) is 64.2 Å². The normalized spacial score (nSPS) is 12.4. The summed E-state index contributed by atoms with van der Waals surface area (Å²) in [6, 6.07) is 0. The van der Waals surface area contributed by atoms with Crippen molar-refractivity contribution in [3.63, 3.8) is 0 Å². The summed E-state index contributed by atoms with van der Waals surface area (Å²) in [6.07, 6.45) is 7.03. The largest absolute Gasteiger partial charge is 0.382 e. The Morgan fingerprint density at radius 1 is 0.423 bits per heavy atom. The fourth-order valence-electron chi connectivity index (χ4n) is 4.17. The van der Waals surface area contributed by atoms with Crippen molar-refractivity contribution in [1.29, 1.82) is 0 Å². The molecule has 0 fully saturated rings. The molecule has 1 amide bonds. The van der Waals surface area contributed by atoms with E-state index in [1.54, 1.807) is 14.2 Å². The molecule has 0 aliphatic rings. The van der Waals surface area contributed by atoms with Crippen LogP contribution >= 0.6 is 45.6 Å². The van der Waals surface area contributed by atoms with E-state index in [1.165, 1.54) is 85.3 Å². The number of methoxy groups -OCH3 is 2. The number of ether oxygens (including phenoxy) is 4. The van der Waals surface area contributed by atoms with Crippen LogP contribution in [0.15, 0.2) is 0 Å². The second-order valence-corrected chi connectivity index (χ2v) is 29.0. The zero-order valence-electron chi connectivity index (χ0n) is 47.0. The van der Waals surface area contributed by atoms with E-state index >= 15 is 0 Å². The summed E-state index contributed by atoms with van der Waals surface area (Å²) < 4.78 is 145. The molecule has 1 N–H and O–H groups in total. The molecule has 0 saturated carbocycles. The number of nitrogens with one attached hydrogen (secondary N) is 1. The number of amides is 1. The molecule has 0 rings (SSSR count). The molecular formula is C41H99NO23P6. The average molecular weight is 1160 g/mol. The second kappa shape index (κ2) is 52.3. The van der Waals surface area contributed by atoms with Gasteiger partial charge in [-0.2, -0.15) is 0 Å². The number of hydrogen-bond acceptors (Lipinski definition) is 23. The third-order valence-electron chi connectivity index (χ3n) is 9.15. The van der Waals surface area contributed by atoms with Crippen LogP contribution in [0.2, 0.25) is 0 Å². The fraction of sp³-hybridized carbons (Fsp3) is 0.976. The van der Waals surface area contributed by atoms with Gasteiger partial charge < -0.3 is 78.5 Å². The summed E-state index contributed by atoms with van der Waals surface area (Å²) in [5.74, 6) is 0.647. The van der Waals surface area contributed by atoms with E-state index in [-0.39, 0.29) is 31.4 Å². The molecule has 0 spiro atoms. The molecule has 24 nitrogen and oxygen atoms in total. The molecular weight excluding hydrogens is 1060 g/mol. The minimum Gasteiger partial charge on any atom is -0.382 e. The van der Waals surface area contributed by atoms with Crippen molar-refractivity contribution in [2.24, 2.45) is 11.8 Å². The average Bonchev–Trinajstić information content (AvgIpc) is 3.39. The highest BCUT2D eigenvalue weighted by Crippen LogP contribution is 2.50. The maximum atomic E-state index is 11.6. The van der Waals surface area contributed by atoms with Crippen molar-refractivity contribution < 1.29 is 105 Å². The Labute approximate surface area is 429 Å². The van der Waals surface area contributed by atoms with E-state index in [2.05, 4.69) is 35.1 Å². The van der Waals surface area contributed by atoms with Gasteiger partial charge in [-0.15, -0.1) is 0 Å². The standard InChI is InChI=1S/C9H20NO6P.C7H17O5P.2C7H17O3P.C6H15O3P.C5H13O3P/c1-13-5-6-16-8-9(11)10-4-7-17(12,14-2)15-3;1-9-4-5-12-6-7-13(8,10-2)11-3;1-7(2)5-6-11(8,9-3)10-4;1-5-7(2)6-11(8,9-3)10-4;1-4-5-6-10(7,8-2)9-3;1-4-5-9(6,7-2)8-3/h4-8H2,1-3H3,(H,10,11);4-7H2,1-3H3;2*7H,5-6H2,1-4H3;4-6H2,1-3H3;4-5H2,1-3H3. The Morgan fingerprint density at radius 2 is 0.789 bits per heavy atom. The first-order valence-electron chi connectivity index (χ1n) is 22.9. The molecule has 0 aliphatic heterocycles. The van der Waals surface area contributed by atoms with Gasteiger partial charge in [0.25, 0.3) is 0 Å². The highest BCUT2D eigenvalue weighted by molar-refractivity contribution is 7.55. The maximum absolute atomic E-state index is 11.6. The second-order valence-electron chi connectivity index (χ2n) is 14.7. The summed E-state index contributed by atoms with van der Waals surface area (Å²) >= 11 is 0. The number of carbonyl (C=O) groups excluding carboxylic acids is 1. The number of unbranched alkanes of at least 4 members (excludes halogenated alkanes) is 1. The van der Waals surface area contributed by atoms with E-state index < -0.39 is 45.6 Å². The molecule has 0 saturated heterocycles. The van der Waals surface area contributed by atoms with Crippen LogP contribution in [0.4, 0.5) is 0 Å². The summed E-state index contributed by atoms with van der Waals surface area (Å²) in [4.78, 5) is 11.2. The van der Waals surface area contributed by atoms with Crippen molar-refractivity contribution in [2.75, 3.05) is 183 Å². The zero-order chi connectivity index (χ0) is 56.5. The Hall–Kier alpha value is 0.210. The van der Waals surface area contributed by atoms with Crippen LogP contribution in [-0.2, 0) is 105 Å². The van der Waals surface area contributed by atoms with Crippen molar-refractivity contribution in [2.45, 2.75) is 73.6 Å². The zero-order valence-corrected chi connectivity index (χ0v) is 52.3. The molecule has 0 bridgehead atoms. The molecule has 436 valence electrons. The third-order valence-corrected chi connectivity index (χ3v) is 21.1. The van der Waals surface area contributed by atoms with Gasteiger partial charge in [-0.25, -0.2) is 0 Å². The molecule has 0 aliphatic carbocycles. The van der Waals surface area contributed by atoms with E-state index in [0.29, 0.717) is 69.5 Å². The fourth-order valence-corrected chi connectivity index (χ4v) is 11.0.